The monoisotopic (exact) mass is 285 g/mol. The zero-order chi connectivity index (χ0) is 15.1. The lowest BCUT2D eigenvalue weighted by molar-refractivity contribution is 0.236. The van der Waals surface area contributed by atoms with Crippen LogP contribution < -0.4 is 0 Å². The maximum Gasteiger partial charge on any atom is 0.0540 e. The largest absolute Gasteiger partial charge is 0.395 e. The highest BCUT2D eigenvalue weighted by Crippen LogP contribution is 2.37. The van der Waals surface area contributed by atoms with Crippen LogP contribution in [-0.4, -0.2) is 29.7 Å². The lowest BCUT2D eigenvalue weighted by atomic mass is 9.82. The SMILES string of the molecule is CCC1(CC)CCN(Cc2ccccc2C#CCCO)C1. The van der Waals surface area contributed by atoms with Crippen molar-refractivity contribution in [3.8, 4) is 11.8 Å². The summed E-state index contributed by atoms with van der Waals surface area (Å²) in [4.78, 5) is 2.57. The molecule has 1 N–H and O–H groups in total. The summed E-state index contributed by atoms with van der Waals surface area (Å²) in [5, 5.41) is 8.84. The number of aliphatic hydroxyl groups excluding tert-OH is 1. The Morgan fingerprint density at radius 2 is 2.00 bits per heavy atom. The summed E-state index contributed by atoms with van der Waals surface area (Å²) in [5.74, 6) is 6.24. The van der Waals surface area contributed by atoms with E-state index >= 15 is 0 Å². The van der Waals surface area contributed by atoms with Crippen LogP contribution in [0, 0.1) is 17.3 Å². The molecule has 1 aromatic rings. The molecule has 2 heteroatoms. The highest BCUT2D eigenvalue weighted by Gasteiger charge is 2.34. The normalized spacial score (nSPS) is 17.5. The average molecular weight is 285 g/mol. The van der Waals surface area contributed by atoms with E-state index in [1.54, 1.807) is 0 Å². The molecule has 1 heterocycles. The quantitative estimate of drug-likeness (QED) is 0.838. The van der Waals surface area contributed by atoms with Gasteiger partial charge >= 0.3 is 0 Å². The summed E-state index contributed by atoms with van der Waals surface area (Å²) in [6.07, 6.45) is 4.42. The Balaban J connectivity index is 2.06. The lowest BCUT2D eigenvalue weighted by Gasteiger charge is -2.26. The third-order valence-electron chi connectivity index (χ3n) is 4.89. The molecule has 0 saturated carbocycles. The van der Waals surface area contributed by atoms with Crippen molar-refractivity contribution in [2.45, 2.75) is 46.1 Å². The molecule has 114 valence electrons. The Labute approximate surface area is 129 Å². The molecule has 2 nitrogen and oxygen atoms in total. The van der Waals surface area contributed by atoms with Crippen LogP contribution in [0.2, 0.25) is 0 Å². The van der Waals surface area contributed by atoms with Gasteiger partial charge in [0.25, 0.3) is 0 Å². The first-order valence-corrected chi connectivity index (χ1v) is 8.13. The van der Waals surface area contributed by atoms with Gasteiger partial charge in [0.2, 0.25) is 0 Å². The molecular weight excluding hydrogens is 258 g/mol. The van der Waals surface area contributed by atoms with Crippen LogP contribution in [0.3, 0.4) is 0 Å². The van der Waals surface area contributed by atoms with Crippen molar-refractivity contribution < 1.29 is 5.11 Å². The minimum Gasteiger partial charge on any atom is -0.395 e. The molecule has 0 spiro atoms. The van der Waals surface area contributed by atoms with Crippen molar-refractivity contribution >= 4 is 0 Å². The number of benzene rings is 1. The Morgan fingerprint density at radius 1 is 1.24 bits per heavy atom. The van der Waals surface area contributed by atoms with Crippen molar-refractivity contribution in [2.24, 2.45) is 5.41 Å². The Bertz CT molecular complexity index is 508. The molecule has 21 heavy (non-hydrogen) atoms. The van der Waals surface area contributed by atoms with Crippen LogP contribution in [0.5, 0.6) is 0 Å². The van der Waals surface area contributed by atoms with Crippen LogP contribution in [0.1, 0.15) is 50.7 Å². The second-order valence-electron chi connectivity index (χ2n) is 6.10. The van der Waals surface area contributed by atoms with E-state index in [2.05, 4.69) is 48.8 Å². The summed E-state index contributed by atoms with van der Waals surface area (Å²) in [7, 11) is 0. The maximum absolute atomic E-state index is 8.84. The standard InChI is InChI=1S/C19H27NO/c1-3-19(4-2)12-13-20(16-19)15-18-11-6-5-9-17(18)10-7-8-14-21/h5-6,9,11,21H,3-4,8,12-16H2,1-2H3. The van der Waals surface area contributed by atoms with Crippen molar-refractivity contribution in [1.29, 1.82) is 0 Å². The van der Waals surface area contributed by atoms with E-state index in [-0.39, 0.29) is 6.61 Å². The summed E-state index contributed by atoms with van der Waals surface area (Å²) < 4.78 is 0. The minimum absolute atomic E-state index is 0.136. The third kappa shape index (κ3) is 4.09. The van der Waals surface area contributed by atoms with E-state index < -0.39 is 0 Å². The molecule has 1 fully saturated rings. The fraction of sp³-hybridized carbons (Fsp3) is 0.579. The molecule has 1 aromatic carbocycles. The zero-order valence-corrected chi connectivity index (χ0v) is 13.4. The van der Waals surface area contributed by atoms with Gasteiger partial charge in [-0.1, -0.05) is 43.9 Å². The van der Waals surface area contributed by atoms with E-state index in [0.29, 0.717) is 11.8 Å². The first kappa shape index (κ1) is 16.1. The van der Waals surface area contributed by atoms with Crippen LogP contribution in [0.4, 0.5) is 0 Å². The predicted octanol–water partition coefficient (Wildman–Crippen LogP) is 3.43. The van der Waals surface area contributed by atoms with Gasteiger partial charge in [-0.15, -0.1) is 0 Å². The first-order valence-electron chi connectivity index (χ1n) is 8.13. The van der Waals surface area contributed by atoms with Crippen molar-refractivity contribution in [1.82, 2.24) is 4.90 Å². The number of aliphatic hydroxyl groups is 1. The number of rotatable bonds is 5. The van der Waals surface area contributed by atoms with E-state index in [0.717, 1.165) is 12.1 Å². The van der Waals surface area contributed by atoms with E-state index in [1.807, 2.05) is 6.07 Å². The van der Waals surface area contributed by atoms with Gasteiger partial charge in [-0.3, -0.25) is 4.90 Å². The van der Waals surface area contributed by atoms with Gasteiger partial charge in [-0.05, 0) is 42.9 Å². The molecule has 0 unspecified atom stereocenters. The number of nitrogens with zero attached hydrogens (tertiary/aromatic N) is 1. The van der Waals surface area contributed by atoms with Crippen molar-refractivity contribution in [3.05, 3.63) is 35.4 Å². The van der Waals surface area contributed by atoms with Gasteiger partial charge in [0, 0.05) is 25.1 Å². The topological polar surface area (TPSA) is 23.5 Å². The summed E-state index contributed by atoms with van der Waals surface area (Å²) in [5.41, 5.74) is 2.94. The molecule has 0 atom stereocenters. The molecule has 0 radical (unpaired) electrons. The number of hydrogen-bond acceptors (Lipinski definition) is 2. The smallest absolute Gasteiger partial charge is 0.0540 e. The average Bonchev–Trinajstić information content (AvgIpc) is 2.93. The molecule has 0 bridgehead atoms. The zero-order valence-electron chi connectivity index (χ0n) is 13.4. The second-order valence-corrected chi connectivity index (χ2v) is 6.10. The summed E-state index contributed by atoms with van der Waals surface area (Å²) >= 11 is 0. The third-order valence-corrected chi connectivity index (χ3v) is 4.89. The highest BCUT2D eigenvalue weighted by atomic mass is 16.2. The molecule has 0 aliphatic carbocycles. The Kier molecular flexibility index (Phi) is 5.85. The van der Waals surface area contributed by atoms with Gasteiger partial charge in [0.15, 0.2) is 0 Å². The summed E-state index contributed by atoms with van der Waals surface area (Å²) in [6.45, 7) is 8.17. The molecule has 0 aromatic heterocycles. The minimum atomic E-state index is 0.136. The van der Waals surface area contributed by atoms with Gasteiger partial charge in [0.1, 0.15) is 0 Å². The molecule has 1 aliphatic heterocycles. The van der Waals surface area contributed by atoms with Crippen LogP contribution in [0.25, 0.3) is 0 Å². The predicted molar refractivity (Wildman–Crippen MR) is 87.9 cm³/mol. The molecule has 0 amide bonds. The molecule has 1 aliphatic rings. The van der Waals surface area contributed by atoms with E-state index in [9.17, 15) is 0 Å². The fourth-order valence-corrected chi connectivity index (χ4v) is 3.22. The first-order chi connectivity index (χ1) is 10.2. The Hall–Kier alpha value is -1.30. The Morgan fingerprint density at radius 3 is 2.67 bits per heavy atom. The van der Waals surface area contributed by atoms with Gasteiger partial charge in [-0.2, -0.15) is 0 Å². The number of hydrogen-bond donors (Lipinski definition) is 1. The van der Waals surface area contributed by atoms with Crippen LogP contribution in [0.15, 0.2) is 24.3 Å². The fourth-order valence-electron chi connectivity index (χ4n) is 3.22. The lowest BCUT2D eigenvalue weighted by Crippen LogP contribution is -2.26. The van der Waals surface area contributed by atoms with Gasteiger partial charge in [-0.25, -0.2) is 0 Å². The second kappa shape index (κ2) is 7.64. The molecule has 1 saturated heterocycles. The molecule has 2 rings (SSSR count). The van der Waals surface area contributed by atoms with Crippen LogP contribution >= 0.6 is 0 Å². The maximum atomic E-state index is 8.84. The van der Waals surface area contributed by atoms with Gasteiger partial charge < -0.3 is 5.11 Å². The van der Waals surface area contributed by atoms with Crippen LogP contribution in [-0.2, 0) is 6.54 Å². The molecular formula is C19H27NO. The van der Waals surface area contributed by atoms with E-state index in [4.69, 9.17) is 5.11 Å². The highest BCUT2D eigenvalue weighted by molar-refractivity contribution is 5.41. The van der Waals surface area contributed by atoms with Gasteiger partial charge in [0.05, 0.1) is 6.61 Å². The number of likely N-dealkylation sites (tertiary alicyclic amines) is 1. The summed E-state index contributed by atoms with van der Waals surface area (Å²) in [6, 6.07) is 8.40. The van der Waals surface area contributed by atoms with E-state index in [1.165, 1.54) is 37.9 Å². The van der Waals surface area contributed by atoms with Crippen molar-refractivity contribution in [3.63, 3.8) is 0 Å². The van der Waals surface area contributed by atoms with Crippen molar-refractivity contribution in [2.75, 3.05) is 19.7 Å².